The summed E-state index contributed by atoms with van der Waals surface area (Å²) in [6.07, 6.45) is -12.1. The van der Waals surface area contributed by atoms with Gasteiger partial charge in [0.25, 0.3) is 0 Å². The summed E-state index contributed by atoms with van der Waals surface area (Å²) in [6, 6.07) is 0. The zero-order valence-electron chi connectivity index (χ0n) is 4.99. The van der Waals surface area contributed by atoms with Crippen LogP contribution in [-0.4, -0.2) is 25.2 Å². The van der Waals surface area contributed by atoms with E-state index in [1.807, 2.05) is 0 Å². The second-order valence-corrected chi connectivity index (χ2v) is 1.87. The van der Waals surface area contributed by atoms with Gasteiger partial charge in [-0.2, -0.15) is 17.6 Å². The minimum absolute atomic E-state index is 1.19. The molecule has 0 radical (unpaired) electrons. The molecule has 0 aliphatic carbocycles. The first-order chi connectivity index (χ1) is 4.85. The summed E-state index contributed by atoms with van der Waals surface area (Å²) in [5.41, 5.74) is 0. The molecule has 0 N–H and O–H groups in total. The van der Waals surface area contributed by atoms with E-state index in [9.17, 15) is 22.0 Å². The SMILES string of the molecule is FC1COC(F)(F)C(F)(F)O1. The largest absolute Gasteiger partial charge is 0.450 e. The van der Waals surface area contributed by atoms with Crippen molar-refractivity contribution in [1.82, 2.24) is 0 Å². The van der Waals surface area contributed by atoms with Crippen LogP contribution in [0, 0.1) is 0 Å². The molecule has 1 aliphatic rings. The van der Waals surface area contributed by atoms with E-state index in [1.165, 1.54) is 0 Å². The predicted molar refractivity (Wildman–Crippen MR) is 21.8 cm³/mol. The highest BCUT2D eigenvalue weighted by Gasteiger charge is 2.64. The van der Waals surface area contributed by atoms with E-state index < -0.39 is 25.2 Å². The van der Waals surface area contributed by atoms with Gasteiger partial charge < -0.3 is 4.74 Å². The van der Waals surface area contributed by atoms with Crippen LogP contribution in [0.25, 0.3) is 0 Å². The van der Waals surface area contributed by atoms with Gasteiger partial charge in [-0.3, -0.25) is 4.74 Å². The van der Waals surface area contributed by atoms with Crippen molar-refractivity contribution in [2.45, 2.75) is 18.6 Å². The first-order valence-electron chi connectivity index (χ1n) is 2.57. The second-order valence-electron chi connectivity index (χ2n) is 1.87. The lowest BCUT2D eigenvalue weighted by Gasteiger charge is -2.31. The van der Waals surface area contributed by atoms with Crippen LogP contribution in [0.2, 0.25) is 0 Å². The van der Waals surface area contributed by atoms with E-state index >= 15 is 0 Å². The van der Waals surface area contributed by atoms with Gasteiger partial charge in [-0.05, 0) is 0 Å². The third-order valence-electron chi connectivity index (χ3n) is 1.01. The molecule has 7 heteroatoms. The van der Waals surface area contributed by atoms with Crippen LogP contribution in [0.3, 0.4) is 0 Å². The molecule has 0 saturated carbocycles. The molecule has 1 unspecified atom stereocenters. The van der Waals surface area contributed by atoms with Crippen molar-refractivity contribution < 1.29 is 31.4 Å². The number of alkyl halides is 5. The van der Waals surface area contributed by atoms with Gasteiger partial charge >= 0.3 is 12.2 Å². The van der Waals surface area contributed by atoms with E-state index in [0.29, 0.717) is 0 Å². The zero-order chi connectivity index (χ0) is 8.70. The van der Waals surface area contributed by atoms with E-state index in [-0.39, 0.29) is 0 Å². The standard InChI is InChI=1S/C4H3F5O2/c5-2-1-10-3(6,7)4(8,9)11-2/h2H,1H2. The minimum atomic E-state index is -4.88. The fourth-order valence-electron chi connectivity index (χ4n) is 0.517. The molecule has 1 fully saturated rings. The summed E-state index contributed by atoms with van der Waals surface area (Å²) in [5, 5.41) is 0. The molecule has 0 amide bonds. The van der Waals surface area contributed by atoms with Crippen LogP contribution in [0.15, 0.2) is 0 Å². The van der Waals surface area contributed by atoms with Crippen molar-refractivity contribution in [3.63, 3.8) is 0 Å². The Hall–Kier alpha value is -0.430. The average molecular weight is 178 g/mol. The van der Waals surface area contributed by atoms with Crippen molar-refractivity contribution in [3.8, 4) is 0 Å². The Kier molecular flexibility index (Phi) is 1.79. The van der Waals surface area contributed by atoms with Gasteiger partial charge in [0.1, 0.15) is 6.61 Å². The molecule has 0 aromatic rings. The Labute approximate surface area is 57.9 Å². The van der Waals surface area contributed by atoms with Gasteiger partial charge in [0.05, 0.1) is 0 Å². The Morgan fingerprint density at radius 2 is 1.64 bits per heavy atom. The lowest BCUT2D eigenvalue weighted by Crippen LogP contribution is -2.52. The molecule has 1 heterocycles. The molecule has 0 aromatic carbocycles. The molecule has 1 rings (SSSR count). The second kappa shape index (κ2) is 2.28. The molecule has 0 aromatic heterocycles. The van der Waals surface area contributed by atoms with Crippen LogP contribution in [0.1, 0.15) is 0 Å². The first-order valence-corrected chi connectivity index (χ1v) is 2.57. The van der Waals surface area contributed by atoms with Gasteiger partial charge in [-0.25, -0.2) is 4.39 Å². The maximum atomic E-state index is 11.9. The van der Waals surface area contributed by atoms with Crippen molar-refractivity contribution in [2.24, 2.45) is 0 Å². The molecule has 0 spiro atoms. The molecule has 0 bridgehead atoms. The number of halogens is 5. The normalized spacial score (nSPS) is 35.2. The number of hydrogen-bond donors (Lipinski definition) is 0. The quantitative estimate of drug-likeness (QED) is 0.523. The smallest absolute Gasteiger partial charge is 0.308 e. The van der Waals surface area contributed by atoms with Crippen molar-refractivity contribution in [2.75, 3.05) is 6.61 Å². The highest BCUT2D eigenvalue weighted by molar-refractivity contribution is 4.71. The Morgan fingerprint density at radius 3 is 2.00 bits per heavy atom. The fraction of sp³-hybridized carbons (Fsp3) is 1.00. The summed E-state index contributed by atoms with van der Waals surface area (Å²) < 4.78 is 65.7. The predicted octanol–water partition coefficient (Wildman–Crippen LogP) is 1.51. The van der Waals surface area contributed by atoms with Crippen LogP contribution in [-0.2, 0) is 9.47 Å². The van der Waals surface area contributed by atoms with Gasteiger partial charge in [-0.15, -0.1) is 0 Å². The highest BCUT2D eigenvalue weighted by atomic mass is 19.3. The zero-order valence-corrected chi connectivity index (χ0v) is 4.99. The molecule has 2 nitrogen and oxygen atoms in total. The van der Waals surface area contributed by atoms with Gasteiger partial charge in [0.15, 0.2) is 0 Å². The molecule has 1 atom stereocenters. The van der Waals surface area contributed by atoms with E-state index in [4.69, 9.17) is 0 Å². The van der Waals surface area contributed by atoms with Gasteiger partial charge in [-0.1, -0.05) is 0 Å². The van der Waals surface area contributed by atoms with Crippen LogP contribution < -0.4 is 0 Å². The lowest BCUT2D eigenvalue weighted by molar-refractivity contribution is -0.485. The summed E-state index contributed by atoms with van der Waals surface area (Å²) in [4.78, 5) is 0. The number of rotatable bonds is 0. The summed E-state index contributed by atoms with van der Waals surface area (Å²) >= 11 is 0. The summed E-state index contributed by atoms with van der Waals surface area (Å²) in [7, 11) is 0. The molecular weight excluding hydrogens is 175 g/mol. The number of hydrogen-bond acceptors (Lipinski definition) is 2. The summed E-state index contributed by atoms with van der Waals surface area (Å²) in [6.45, 7) is -1.19. The Bertz CT molecular complexity index is 159. The fourth-order valence-corrected chi connectivity index (χ4v) is 0.517. The number of ether oxygens (including phenoxy) is 2. The highest BCUT2D eigenvalue weighted by Crippen LogP contribution is 2.40. The van der Waals surface area contributed by atoms with E-state index in [2.05, 4.69) is 9.47 Å². The Balaban J connectivity index is 2.72. The summed E-state index contributed by atoms with van der Waals surface area (Å²) in [5.74, 6) is 0. The Morgan fingerprint density at radius 1 is 1.09 bits per heavy atom. The molecular formula is C4H3F5O2. The van der Waals surface area contributed by atoms with Crippen LogP contribution >= 0.6 is 0 Å². The maximum Gasteiger partial charge on any atom is 0.450 e. The van der Waals surface area contributed by atoms with Crippen molar-refractivity contribution in [1.29, 1.82) is 0 Å². The molecule has 1 saturated heterocycles. The first kappa shape index (κ1) is 8.66. The van der Waals surface area contributed by atoms with E-state index in [0.717, 1.165) is 0 Å². The topological polar surface area (TPSA) is 18.5 Å². The third kappa shape index (κ3) is 1.43. The van der Waals surface area contributed by atoms with Crippen molar-refractivity contribution >= 4 is 0 Å². The minimum Gasteiger partial charge on any atom is -0.308 e. The lowest BCUT2D eigenvalue weighted by atomic mass is 10.5. The van der Waals surface area contributed by atoms with E-state index in [1.54, 1.807) is 0 Å². The molecule has 66 valence electrons. The van der Waals surface area contributed by atoms with Crippen LogP contribution in [0.4, 0.5) is 22.0 Å². The molecule has 11 heavy (non-hydrogen) atoms. The third-order valence-corrected chi connectivity index (χ3v) is 1.01. The maximum absolute atomic E-state index is 11.9. The van der Waals surface area contributed by atoms with Gasteiger partial charge in [0.2, 0.25) is 6.36 Å². The van der Waals surface area contributed by atoms with Crippen LogP contribution in [0.5, 0.6) is 0 Å². The average Bonchev–Trinajstić information content (AvgIpc) is 1.80. The molecule has 1 aliphatic heterocycles. The van der Waals surface area contributed by atoms with Gasteiger partial charge in [0, 0.05) is 0 Å². The monoisotopic (exact) mass is 178 g/mol. The van der Waals surface area contributed by atoms with Crippen molar-refractivity contribution in [3.05, 3.63) is 0 Å².